The van der Waals surface area contributed by atoms with Gasteiger partial charge < -0.3 is 5.32 Å². The molecule has 0 spiro atoms. The van der Waals surface area contributed by atoms with Gasteiger partial charge in [0.1, 0.15) is 5.82 Å². The minimum atomic E-state index is 0.664. The van der Waals surface area contributed by atoms with Gasteiger partial charge in [0, 0.05) is 18.5 Å². The van der Waals surface area contributed by atoms with Crippen LogP contribution in [0.5, 0.6) is 0 Å². The van der Waals surface area contributed by atoms with Gasteiger partial charge in [0.2, 0.25) is 0 Å². The molecule has 17 heavy (non-hydrogen) atoms. The number of rotatable bonds is 3. The fraction of sp³-hybridized carbons (Fsp3) is 0.0833. The van der Waals surface area contributed by atoms with Gasteiger partial charge in [0.25, 0.3) is 0 Å². The number of nitrogens with zero attached hydrogens (tertiary/aromatic N) is 4. The van der Waals surface area contributed by atoms with Crippen molar-refractivity contribution in [2.24, 2.45) is 0 Å². The van der Waals surface area contributed by atoms with E-state index in [4.69, 9.17) is 0 Å². The molecule has 0 saturated heterocycles. The van der Waals surface area contributed by atoms with Gasteiger partial charge >= 0.3 is 0 Å². The van der Waals surface area contributed by atoms with E-state index in [9.17, 15) is 0 Å². The second-order valence-corrected chi connectivity index (χ2v) is 3.61. The summed E-state index contributed by atoms with van der Waals surface area (Å²) in [5.41, 5.74) is 1.90. The second-order valence-electron chi connectivity index (χ2n) is 3.61. The average molecular weight is 225 g/mol. The predicted octanol–water partition coefficient (Wildman–Crippen LogP) is 1.74. The van der Waals surface area contributed by atoms with Crippen LogP contribution in [0.15, 0.2) is 48.9 Å². The van der Waals surface area contributed by atoms with Crippen LogP contribution in [0.4, 0.5) is 5.82 Å². The standard InChI is InChI=1S/C12H11N5/c1-2-6-13-11(3-1)15-9-10-4-7-14-12-5-8-16-17(10)12/h1-8H,9H2,(H,13,15). The zero-order valence-corrected chi connectivity index (χ0v) is 9.11. The van der Waals surface area contributed by atoms with E-state index in [1.807, 2.05) is 34.8 Å². The molecule has 0 aliphatic carbocycles. The molecule has 3 rings (SSSR count). The van der Waals surface area contributed by atoms with Crippen molar-refractivity contribution in [2.45, 2.75) is 6.54 Å². The van der Waals surface area contributed by atoms with Crippen LogP contribution >= 0.6 is 0 Å². The number of pyridine rings is 1. The molecule has 0 aliphatic rings. The van der Waals surface area contributed by atoms with Crippen LogP contribution in [-0.4, -0.2) is 19.6 Å². The highest BCUT2D eigenvalue weighted by Crippen LogP contribution is 2.06. The number of aromatic nitrogens is 4. The van der Waals surface area contributed by atoms with Gasteiger partial charge in [-0.2, -0.15) is 5.10 Å². The lowest BCUT2D eigenvalue weighted by Crippen LogP contribution is -2.07. The SMILES string of the molecule is c1ccc(NCc2ccnc3ccnn23)nc1. The van der Waals surface area contributed by atoms with Crippen LogP contribution in [0.3, 0.4) is 0 Å². The highest BCUT2D eigenvalue weighted by molar-refractivity contribution is 5.38. The zero-order valence-electron chi connectivity index (χ0n) is 9.11. The summed E-state index contributed by atoms with van der Waals surface area (Å²) in [4.78, 5) is 8.42. The Morgan fingerprint density at radius 3 is 2.88 bits per heavy atom. The maximum Gasteiger partial charge on any atom is 0.155 e. The van der Waals surface area contributed by atoms with E-state index in [-0.39, 0.29) is 0 Å². The molecule has 3 heterocycles. The zero-order chi connectivity index (χ0) is 11.5. The fourth-order valence-corrected chi connectivity index (χ4v) is 1.67. The molecule has 84 valence electrons. The molecule has 0 bridgehead atoms. The topological polar surface area (TPSA) is 55.1 Å². The van der Waals surface area contributed by atoms with Gasteiger partial charge in [-0.3, -0.25) is 0 Å². The van der Waals surface area contributed by atoms with Crippen LogP contribution in [0.25, 0.3) is 5.65 Å². The Morgan fingerprint density at radius 2 is 2.00 bits per heavy atom. The first kappa shape index (κ1) is 9.77. The lowest BCUT2D eigenvalue weighted by molar-refractivity contribution is 0.852. The summed E-state index contributed by atoms with van der Waals surface area (Å²) in [6.07, 6.45) is 5.29. The number of anilines is 1. The highest BCUT2D eigenvalue weighted by atomic mass is 15.3. The first-order valence-electron chi connectivity index (χ1n) is 5.36. The fourth-order valence-electron chi connectivity index (χ4n) is 1.67. The summed E-state index contributed by atoms with van der Waals surface area (Å²) in [7, 11) is 0. The molecule has 5 heteroatoms. The maximum absolute atomic E-state index is 4.22. The van der Waals surface area contributed by atoms with Crippen molar-refractivity contribution in [2.75, 3.05) is 5.32 Å². The summed E-state index contributed by atoms with van der Waals surface area (Å²) >= 11 is 0. The third-order valence-electron chi connectivity index (χ3n) is 2.48. The maximum atomic E-state index is 4.22. The lowest BCUT2D eigenvalue weighted by Gasteiger charge is -2.06. The third-order valence-corrected chi connectivity index (χ3v) is 2.48. The van der Waals surface area contributed by atoms with E-state index >= 15 is 0 Å². The monoisotopic (exact) mass is 225 g/mol. The van der Waals surface area contributed by atoms with Crippen LogP contribution < -0.4 is 5.32 Å². The Bertz CT molecular complexity index is 617. The molecule has 0 atom stereocenters. The van der Waals surface area contributed by atoms with Crippen molar-refractivity contribution in [3.8, 4) is 0 Å². The molecule has 3 aromatic heterocycles. The summed E-state index contributed by atoms with van der Waals surface area (Å²) in [5, 5.41) is 7.47. The summed E-state index contributed by atoms with van der Waals surface area (Å²) in [6, 6.07) is 9.59. The first-order valence-corrected chi connectivity index (χ1v) is 5.36. The minimum Gasteiger partial charge on any atom is -0.364 e. The molecule has 5 nitrogen and oxygen atoms in total. The van der Waals surface area contributed by atoms with Crippen LogP contribution in [-0.2, 0) is 6.54 Å². The van der Waals surface area contributed by atoms with E-state index in [0.29, 0.717) is 6.54 Å². The van der Waals surface area contributed by atoms with Crippen molar-refractivity contribution < 1.29 is 0 Å². The quantitative estimate of drug-likeness (QED) is 0.737. The van der Waals surface area contributed by atoms with Gasteiger partial charge in [0.15, 0.2) is 5.65 Å². The Hall–Kier alpha value is -2.43. The highest BCUT2D eigenvalue weighted by Gasteiger charge is 2.01. The molecule has 0 fully saturated rings. The van der Waals surface area contributed by atoms with Crippen molar-refractivity contribution in [1.29, 1.82) is 0 Å². The Morgan fingerprint density at radius 1 is 1.00 bits per heavy atom. The van der Waals surface area contributed by atoms with E-state index in [1.165, 1.54) is 0 Å². The van der Waals surface area contributed by atoms with Crippen LogP contribution in [0, 0.1) is 0 Å². The lowest BCUT2D eigenvalue weighted by atomic mass is 10.4. The van der Waals surface area contributed by atoms with Gasteiger partial charge in [-0.1, -0.05) is 6.07 Å². The summed E-state index contributed by atoms with van der Waals surface area (Å²) in [6.45, 7) is 0.664. The predicted molar refractivity (Wildman–Crippen MR) is 64.6 cm³/mol. The first-order chi connectivity index (χ1) is 8.43. The Kier molecular flexibility index (Phi) is 2.42. The molecule has 0 radical (unpaired) electrons. The number of hydrogen-bond acceptors (Lipinski definition) is 4. The summed E-state index contributed by atoms with van der Waals surface area (Å²) < 4.78 is 1.82. The molecule has 0 amide bonds. The van der Waals surface area contributed by atoms with Crippen LogP contribution in [0.2, 0.25) is 0 Å². The molecule has 0 aliphatic heterocycles. The van der Waals surface area contributed by atoms with Crippen molar-refractivity contribution >= 4 is 11.5 Å². The van der Waals surface area contributed by atoms with E-state index in [1.54, 1.807) is 18.6 Å². The number of hydrogen-bond donors (Lipinski definition) is 1. The largest absolute Gasteiger partial charge is 0.364 e. The summed E-state index contributed by atoms with van der Waals surface area (Å²) in [5.74, 6) is 0.851. The molecule has 0 unspecified atom stereocenters. The van der Waals surface area contributed by atoms with E-state index in [0.717, 1.165) is 17.2 Å². The van der Waals surface area contributed by atoms with Crippen molar-refractivity contribution in [1.82, 2.24) is 19.6 Å². The molecule has 0 saturated carbocycles. The molecule has 3 aromatic rings. The third kappa shape index (κ3) is 1.94. The van der Waals surface area contributed by atoms with Gasteiger partial charge in [-0.05, 0) is 18.2 Å². The number of fused-ring (bicyclic) bond motifs is 1. The Labute approximate surface area is 98.1 Å². The average Bonchev–Trinajstić information content (AvgIpc) is 2.86. The minimum absolute atomic E-state index is 0.664. The number of nitrogens with one attached hydrogen (secondary N) is 1. The second kappa shape index (κ2) is 4.21. The normalized spacial score (nSPS) is 10.6. The van der Waals surface area contributed by atoms with Gasteiger partial charge in [0.05, 0.1) is 18.4 Å². The van der Waals surface area contributed by atoms with E-state index in [2.05, 4.69) is 20.4 Å². The molecular weight excluding hydrogens is 214 g/mol. The van der Waals surface area contributed by atoms with E-state index < -0.39 is 0 Å². The van der Waals surface area contributed by atoms with Gasteiger partial charge in [-0.25, -0.2) is 14.5 Å². The smallest absolute Gasteiger partial charge is 0.155 e. The molecule has 1 N–H and O–H groups in total. The Balaban J connectivity index is 1.84. The van der Waals surface area contributed by atoms with Gasteiger partial charge in [-0.15, -0.1) is 0 Å². The molecule has 0 aromatic carbocycles. The van der Waals surface area contributed by atoms with Crippen molar-refractivity contribution in [3.05, 3.63) is 54.6 Å². The van der Waals surface area contributed by atoms with Crippen molar-refractivity contribution in [3.63, 3.8) is 0 Å². The van der Waals surface area contributed by atoms with Crippen LogP contribution in [0.1, 0.15) is 5.69 Å². The molecular formula is C12H11N5.